The van der Waals surface area contributed by atoms with Gasteiger partial charge >= 0.3 is 0 Å². The first kappa shape index (κ1) is 23.4. The van der Waals surface area contributed by atoms with Crippen molar-refractivity contribution in [2.24, 2.45) is 0 Å². The fraction of sp³-hybridized carbons (Fsp3) is 0.250. The lowest BCUT2D eigenvalue weighted by atomic mass is 9.93. The third kappa shape index (κ3) is 4.15. The van der Waals surface area contributed by atoms with Crippen LogP contribution in [0.2, 0.25) is 0 Å². The first-order chi connectivity index (χ1) is 17.4. The lowest BCUT2D eigenvalue weighted by Gasteiger charge is -2.43. The van der Waals surface area contributed by atoms with Crippen molar-refractivity contribution in [3.8, 4) is 17.2 Å². The minimum absolute atomic E-state index is 0.193. The summed E-state index contributed by atoms with van der Waals surface area (Å²) in [5.41, 5.74) is 2.48. The molecule has 1 N–H and O–H groups in total. The number of nitrogens with one attached hydrogen (secondary N) is 1. The van der Waals surface area contributed by atoms with Gasteiger partial charge in [-0.3, -0.25) is 19.2 Å². The van der Waals surface area contributed by atoms with Gasteiger partial charge in [0.25, 0.3) is 5.91 Å². The van der Waals surface area contributed by atoms with E-state index in [1.54, 1.807) is 48.1 Å². The molecule has 36 heavy (non-hydrogen) atoms. The molecule has 0 unspecified atom stereocenters. The molecule has 3 heterocycles. The van der Waals surface area contributed by atoms with Crippen LogP contribution in [0, 0.1) is 0 Å². The van der Waals surface area contributed by atoms with Crippen molar-refractivity contribution in [1.82, 2.24) is 15.1 Å². The third-order valence-electron chi connectivity index (χ3n) is 6.63. The average Bonchev–Trinajstić information content (AvgIpc) is 3.58. The molecule has 0 bridgehead atoms. The van der Waals surface area contributed by atoms with Crippen LogP contribution >= 0.6 is 0 Å². The summed E-state index contributed by atoms with van der Waals surface area (Å²) in [6.07, 6.45) is 2.45. The Hall–Kier alpha value is -4.33. The van der Waals surface area contributed by atoms with Gasteiger partial charge in [0.2, 0.25) is 5.91 Å². The van der Waals surface area contributed by atoms with Crippen LogP contribution in [0.25, 0.3) is 11.5 Å². The molecular weight excluding hydrogens is 456 g/mol. The Bertz CT molecular complexity index is 1370. The molecule has 1 atom stereocenters. The van der Waals surface area contributed by atoms with Gasteiger partial charge in [0.05, 0.1) is 19.9 Å². The maximum absolute atomic E-state index is 13.9. The smallest absolute Gasteiger partial charge is 0.277 e. The number of carbonyl (C=O) groups is 2. The number of aromatic nitrogens is 2. The van der Waals surface area contributed by atoms with E-state index in [1.807, 2.05) is 48.5 Å². The summed E-state index contributed by atoms with van der Waals surface area (Å²) >= 11 is 0. The quantitative estimate of drug-likeness (QED) is 0.419. The Morgan fingerprint density at radius 1 is 1.11 bits per heavy atom. The predicted octanol–water partition coefficient (Wildman–Crippen LogP) is 4.45. The van der Waals surface area contributed by atoms with Gasteiger partial charge in [-0.15, -0.1) is 0 Å². The van der Waals surface area contributed by atoms with E-state index in [1.165, 1.54) is 0 Å². The third-order valence-corrected chi connectivity index (χ3v) is 6.63. The van der Waals surface area contributed by atoms with Gasteiger partial charge in [-0.2, -0.15) is 5.10 Å². The van der Waals surface area contributed by atoms with Crippen molar-refractivity contribution in [3.63, 3.8) is 0 Å². The van der Waals surface area contributed by atoms with E-state index in [0.29, 0.717) is 29.4 Å². The van der Waals surface area contributed by atoms with Gasteiger partial charge in [-0.25, -0.2) is 0 Å². The minimum Gasteiger partial charge on any atom is -0.497 e. The normalized spacial score (nSPS) is 17.1. The second-order valence-electron chi connectivity index (χ2n) is 9.01. The maximum atomic E-state index is 13.9. The summed E-state index contributed by atoms with van der Waals surface area (Å²) in [4.78, 5) is 29.2. The highest BCUT2D eigenvalue weighted by Crippen LogP contribution is 2.34. The zero-order chi connectivity index (χ0) is 25.3. The number of aryl methyl sites for hydroxylation is 1. The molecule has 0 saturated carbocycles. The predicted molar refractivity (Wildman–Crippen MR) is 136 cm³/mol. The first-order valence-electron chi connectivity index (χ1n) is 11.9. The maximum Gasteiger partial charge on any atom is 0.277 e. The molecule has 0 radical (unpaired) electrons. The van der Waals surface area contributed by atoms with E-state index >= 15 is 0 Å². The number of methoxy groups -OCH3 is 1. The number of carbonyl (C=O) groups excluding carboxylic acids is 2. The second-order valence-corrected chi connectivity index (χ2v) is 9.01. The molecule has 0 aliphatic carbocycles. The lowest BCUT2D eigenvalue weighted by molar-refractivity contribution is -0.126. The van der Waals surface area contributed by atoms with Gasteiger partial charge in [0.15, 0.2) is 5.76 Å². The van der Waals surface area contributed by atoms with Crippen LogP contribution in [-0.4, -0.2) is 34.2 Å². The monoisotopic (exact) mass is 484 g/mol. The van der Waals surface area contributed by atoms with Crippen LogP contribution in [0.5, 0.6) is 5.75 Å². The number of benzene rings is 2. The van der Waals surface area contributed by atoms with Crippen molar-refractivity contribution in [3.05, 3.63) is 89.8 Å². The number of ether oxygens (including phenoxy) is 1. The number of hydrogen-bond donors (Lipinski definition) is 1. The summed E-state index contributed by atoms with van der Waals surface area (Å²) in [6, 6.07) is 20.5. The highest BCUT2D eigenvalue weighted by Gasteiger charge is 2.49. The number of anilines is 1. The Morgan fingerprint density at radius 2 is 1.83 bits per heavy atom. The largest absolute Gasteiger partial charge is 0.497 e. The number of amides is 2. The van der Waals surface area contributed by atoms with Gasteiger partial charge in [-0.05, 0) is 60.9 Å². The van der Waals surface area contributed by atoms with E-state index in [9.17, 15) is 9.59 Å². The molecule has 5 rings (SSSR count). The average molecular weight is 485 g/mol. The summed E-state index contributed by atoms with van der Waals surface area (Å²) in [7, 11) is 1.61. The molecule has 4 aromatic rings. The molecule has 8 heteroatoms. The SMILES string of the molecule is CCc1ccc(N2C(=O)c3cc(-c4ccco4)nn3C[C@]2(C)C(=O)NCc2ccc(OC)cc2)cc1. The second kappa shape index (κ2) is 9.37. The van der Waals surface area contributed by atoms with E-state index < -0.39 is 5.54 Å². The minimum atomic E-state index is -1.21. The molecule has 1 aliphatic heterocycles. The van der Waals surface area contributed by atoms with Crippen LogP contribution in [0.4, 0.5) is 5.69 Å². The van der Waals surface area contributed by atoms with E-state index in [2.05, 4.69) is 17.3 Å². The molecular formula is C28H28N4O4. The molecule has 1 aliphatic rings. The molecule has 184 valence electrons. The fourth-order valence-electron chi connectivity index (χ4n) is 4.53. The molecule has 2 aromatic carbocycles. The number of fused-ring (bicyclic) bond motifs is 1. The zero-order valence-corrected chi connectivity index (χ0v) is 20.5. The van der Waals surface area contributed by atoms with E-state index in [0.717, 1.165) is 23.3 Å². The van der Waals surface area contributed by atoms with Crippen LogP contribution in [0.15, 0.2) is 77.4 Å². The molecule has 0 spiro atoms. The summed E-state index contributed by atoms with van der Waals surface area (Å²) in [5.74, 6) is 0.745. The number of hydrogen-bond acceptors (Lipinski definition) is 5. The van der Waals surface area contributed by atoms with E-state index in [-0.39, 0.29) is 18.4 Å². The van der Waals surface area contributed by atoms with Crippen molar-refractivity contribution < 1.29 is 18.7 Å². The van der Waals surface area contributed by atoms with Crippen LogP contribution in [0.1, 0.15) is 35.5 Å². The first-order valence-corrected chi connectivity index (χ1v) is 11.9. The van der Waals surface area contributed by atoms with Crippen molar-refractivity contribution in [2.75, 3.05) is 12.0 Å². The van der Waals surface area contributed by atoms with Crippen molar-refractivity contribution in [1.29, 1.82) is 0 Å². The summed E-state index contributed by atoms with van der Waals surface area (Å²) in [5, 5.41) is 7.62. The van der Waals surface area contributed by atoms with Crippen molar-refractivity contribution >= 4 is 17.5 Å². The van der Waals surface area contributed by atoms with Crippen molar-refractivity contribution in [2.45, 2.75) is 38.9 Å². The fourth-order valence-corrected chi connectivity index (χ4v) is 4.53. The van der Waals surface area contributed by atoms with Gasteiger partial charge in [0.1, 0.15) is 22.7 Å². The topological polar surface area (TPSA) is 89.6 Å². The van der Waals surface area contributed by atoms with Crippen LogP contribution in [0.3, 0.4) is 0 Å². The molecule has 0 saturated heterocycles. The highest BCUT2D eigenvalue weighted by molar-refractivity contribution is 6.12. The Labute approximate surface area is 209 Å². The van der Waals surface area contributed by atoms with Crippen LogP contribution < -0.4 is 15.0 Å². The Balaban J connectivity index is 1.50. The number of rotatable bonds is 7. The molecule has 0 fully saturated rings. The lowest BCUT2D eigenvalue weighted by Crippen LogP contribution is -2.64. The molecule has 2 aromatic heterocycles. The zero-order valence-electron chi connectivity index (χ0n) is 20.5. The van der Waals surface area contributed by atoms with Gasteiger partial charge in [0, 0.05) is 18.3 Å². The molecule has 2 amide bonds. The summed E-state index contributed by atoms with van der Waals surface area (Å²) in [6.45, 7) is 4.36. The summed E-state index contributed by atoms with van der Waals surface area (Å²) < 4.78 is 12.3. The van der Waals surface area contributed by atoms with E-state index in [4.69, 9.17) is 9.15 Å². The number of furan rings is 1. The number of nitrogens with zero attached hydrogens (tertiary/aromatic N) is 3. The Morgan fingerprint density at radius 3 is 2.47 bits per heavy atom. The molecule has 8 nitrogen and oxygen atoms in total. The van der Waals surface area contributed by atoms with Crippen LogP contribution in [-0.2, 0) is 24.3 Å². The standard InChI is InChI=1S/C28H28N4O4/c1-4-19-7-11-21(12-8-19)32-26(33)24-16-23(25-6-5-15-36-25)30-31(24)18-28(32,2)27(34)29-17-20-9-13-22(35-3)14-10-20/h5-16H,4,17-18H2,1-3H3,(H,29,34)/t28-/m1/s1. The van der Waals surface area contributed by atoms with Gasteiger partial charge < -0.3 is 14.5 Å². The highest BCUT2D eigenvalue weighted by atomic mass is 16.5. The van der Waals surface area contributed by atoms with Gasteiger partial charge in [-0.1, -0.05) is 31.2 Å². The Kier molecular flexibility index (Phi) is 6.10.